The zero-order valence-electron chi connectivity index (χ0n) is 13.7. The number of nitrogens with one attached hydrogen (secondary N) is 2. The Morgan fingerprint density at radius 1 is 1.15 bits per heavy atom. The van der Waals surface area contributed by atoms with E-state index in [0.717, 1.165) is 29.8 Å². The third-order valence-electron chi connectivity index (χ3n) is 3.86. The van der Waals surface area contributed by atoms with Crippen molar-refractivity contribution in [2.75, 3.05) is 18.5 Å². The molecular formula is C18H18ClF3N2O2. The van der Waals surface area contributed by atoms with Gasteiger partial charge in [-0.05, 0) is 47.9 Å². The standard InChI is InChI=1S/C18H17F3N2O2.ClH/c19-18(20,21)11-25-15-4-1-12(2-5-15)10-23-17(24)14-3-6-16-13(9-14)7-8-22-16;/h1-6,9,22H,7-8,10-11H2,(H,23,24);1H. The van der Waals surface area contributed by atoms with E-state index in [0.29, 0.717) is 5.56 Å². The minimum atomic E-state index is -4.36. The number of fused-ring (bicyclic) bond motifs is 1. The summed E-state index contributed by atoms with van der Waals surface area (Å²) in [4.78, 5) is 12.2. The van der Waals surface area contributed by atoms with Crippen molar-refractivity contribution in [2.24, 2.45) is 0 Å². The SMILES string of the molecule is Cl.O=C(NCc1ccc(OCC(F)(F)F)cc1)c1ccc2c(c1)CCN2. The van der Waals surface area contributed by atoms with Crippen molar-refractivity contribution in [3.05, 3.63) is 59.2 Å². The number of alkyl halides is 3. The van der Waals surface area contributed by atoms with Crippen LogP contribution in [-0.4, -0.2) is 25.2 Å². The highest BCUT2D eigenvalue weighted by Crippen LogP contribution is 2.23. The van der Waals surface area contributed by atoms with Gasteiger partial charge in [0.1, 0.15) is 5.75 Å². The van der Waals surface area contributed by atoms with Crippen molar-refractivity contribution in [3.63, 3.8) is 0 Å². The Morgan fingerprint density at radius 2 is 1.88 bits per heavy atom. The average Bonchev–Trinajstić information content (AvgIpc) is 3.05. The van der Waals surface area contributed by atoms with E-state index >= 15 is 0 Å². The van der Waals surface area contributed by atoms with E-state index in [1.54, 1.807) is 18.2 Å². The van der Waals surface area contributed by atoms with E-state index < -0.39 is 12.8 Å². The molecule has 1 aliphatic heterocycles. The highest BCUT2D eigenvalue weighted by atomic mass is 35.5. The number of ether oxygens (including phenoxy) is 1. The van der Waals surface area contributed by atoms with Crippen molar-refractivity contribution in [2.45, 2.75) is 19.1 Å². The molecule has 0 saturated heterocycles. The minimum Gasteiger partial charge on any atom is -0.484 e. The summed E-state index contributed by atoms with van der Waals surface area (Å²) in [7, 11) is 0. The molecule has 1 heterocycles. The summed E-state index contributed by atoms with van der Waals surface area (Å²) >= 11 is 0. The van der Waals surface area contributed by atoms with E-state index in [2.05, 4.69) is 15.4 Å². The zero-order valence-corrected chi connectivity index (χ0v) is 14.5. The first-order chi connectivity index (χ1) is 11.9. The molecule has 0 unspecified atom stereocenters. The molecule has 0 saturated carbocycles. The number of amides is 1. The number of rotatable bonds is 5. The van der Waals surface area contributed by atoms with E-state index in [4.69, 9.17) is 0 Å². The van der Waals surface area contributed by atoms with Crippen molar-refractivity contribution in [1.29, 1.82) is 0 Å². The van der Waals surface area contributed by atoms with E-state index in [9.17, 15) is 18.0 Å². The maximum atomic E-state index is 12.2. The second-order valence-corrected chi connectivity index (χ2v) is 5.78. The molecule has 2 aromatic rings. The highest BCUT2D eigenvalue weighted by Gasteiger charge is 2.28. The molecule has 4 nitrogen and oxygen atoms in total. The summed E-state index contributed by atoms with van der Waals surface area (Å²) in [5.74, 6) is -0.0504. The number of halogens is 4. The summed E-state index contributed by atoms with van der Waals surface area (Å²) in [6, 6.07) is 11.7. The molecule has 3 rings (SSSR count). The van der Waals surface area contributed by atoms with Gasteiger partial charge in [0.25, 0.3) is 5.91 Å². The number of hydrogen-bond donors (Lipinski definition) is 2. The van der Waals surface area contributed by atoms with Gasteiger partial charge >= 0.3 is 6.18 Å². The van der Waals surface area contributed by atoms with Gasteiger partial charge in [-0.2, -0.15) is 13.2 Å². The van der Waals surface area contributed by atoms with Crippen LogP contribution >= 0.6 is 12.4 Å². The number of carbonyl (C=O) groups excluding carboxylic acids is 1. The quantitative estimate of drug-likeness (QED) is 0.818. The molecule has 0 fully saturated rings. The average molecular weight is 387 g/mol. The molecule has 0 aromatic heterocycles. The molecule has 0 spiro atoms. The fourth-order valence-corrected chi connectivity index (χ4v) is 2.60. The van der Waals surface area contributed by atoms with Crippen molar-refractivity contribution in [3.8, 4) is 5.75 Å². The van der Waals surface area contributed by atoms with Crippen molar-refractivity contribution in [1.82, 2.24) is 5.32 Å². The van der Waals surface area contributed by atoms with Gasteiger partial charge in [0.15, 0.2) is 6.61 Å². The van der Waals surface area contributed by atoms with Gasteiger partial charge in [0.05, 0.1) is 0 Å². The largest absolute Gasteiger partial charge is 0.484 e. The summed E-state index contributed by atoms with van der Waals surface area (Å²) in [5.41, 5.74) is 3.55. The molecule has 140 valence electrons. The maximum Gasteiger partial charge on any atom is 0.422 e. The highest BCUT2D eigenvalue weighted by molar-refractivity contribution is 5.95. The summed E-state index contributed by atoms with van der Waals surface area (Å²) < 4.78 is 40.9. The Hall–Kier alpha value is -2.41. The van der Waals surface area contributed by atoms with Gasteiger partial charge in [0, 0.05) is 24.3 Å². The number of benzene rings is 2. The number of anilines is 1. The lowest BCUT2D eigenvalue weighted by molar-refractivity contribution is -0.153. The maximum absolute atomic E-state index is 12.2. The third-order valence-corrected chi connectivity index (χ3v) is 3.86. The minimum absolute atomic E-state index is 0. The predicted molar refractivity (Wildman–Crippen MR) is 95.0 cm³/mol. The molecule has 0 radical (unpaired) electrons. The fraction of sp³-hybridized carbons (Fsp3) is 0.278. The van der Waals surface area contributed by atoms with Crippen LogP contribution < -0.4 is 15.4 Å². The number of carbonyl (C=O) groups is 1. The van der Waals surface area contributed by atoms with Gasteiger partial charge in [0.2, 0.25) is 0 Å². The Labute approximate surface area is 155 Å². The van der Waals surface area contributed by atoms with Gasteiger partial charge < -0.3 is 15.4 Å². The van der Waals surface area contributed by atoms with Gasteiger partial charge in [-0.15, -0.1) is 12.4 Å². The second kappa shape index (κ2) is 8.31. The monoisotopic (exact) mass is 386 g/mol. The molecule has 0 bridgehead atoms. The summed E-state index contributed by atoms with van der Waals surface area (Å²) in [6.07, 6.45) is -3.46. The van der Waals surface area contributed by atoms with Crippen LogP contribution in [0.5, 0.6) is 5.75 Å². The number of hydrogen-bond acceptors (Lipinski definition) is 3. The molecule has 1 aliphatic rings. The zero-order chi connectivity index (χ0) is 17.9. The van der Waals surface area contributed by atoms with Crippen LogP contribution in [0.25, 0.3) is 0 Å². The topological polar surface area (TPSA) is 50.4 Å². The van der Waals surface area contributed by atoms with Gasteiger partial charge in [-0.3, -0.25) is 4.79 Å². The summed E-state index contributed by atoms with van der Waals surface area (Å²) in [5, 5.41) is 6.04. The van der Waals surface area contributed by atoms with Crippen LogP contribution in [0.3, 0.4) is 0 Å². The normalized spacial score (nSPS) is 12.6. The van der Waals surface area contributed by atoms with Gasteiger partial charge in [-0.1, -0.05) is 12.1 Å². The molecule has 2 aromatic carbocycles. The molecular weight excluding hydrogens is 369 g/mol. The van der Waals surface area contributed by atoms with Crippen LogP contribution in [0.15, 0.2) is 42.5 Å². The van der Waals surface area contributed by atoms with E-state index in [1.165, 1.54) is 12.1 Å². The first-order valence-electron chi connectivity index (χ1n) is 7.84. The summed E-state index contributed by atoms with van der Waals surface area (Å²) in [6.45, 7) is -0.160. The fourth-order valence-electron chi connectivity index (χ4n) is 2.60. The first kappa shape index (κ1) is 19.9. The molecule has 1 amide bonds. The van der Waals surface area contributed by atoms with E-state index in [1.807, 2.05) is 12.1 Å². The first-order valence-corrected chi connectivity index (χ1v) is 7.84. The van der Waals surface area contributed by atoms with Crippen LogP contribution in [-0.2, 0) is 13.0 Å². The Bertz CT molecular complexity index is 764. The van der Waals surface area contributed by atoms with Gasteiger partial charge in [-0.25, -0.2) is 0 Å². The molecule has 0 atom stereocenters. The molecule has 2 N–H and O–H groups in total. The molecule has 8 heteroatoms. The van der Waals surface area contributed by atoms with Crippen molar-refractivity contribution < 1.29 is 22.7 Å². The Morgan fingerprint density at radius 3 is 2.58 bits per heavy atom. The van der Waals surface area contributed by atoms with E-state index in [-0.39, 0.29) is 30.6 Å². The lowest BCUT2D eigenvalue weighted by Gasteiger charge is -2.10. The lowest BCUT2D eigenvalue weighted by Crippen LogP contribution is -2.23. The third kappa shape index (κ3) is 5.29. The molecule has 0 aliphatic carbocycles. The predicted octanol–water partition coefficient (Wildman–Crippen LogP) is 3.95. The smallest absolute Gasteiger partial charge is 0.422 e. The molecule has 26 heavy (non-hydrogen) atoms. The second-order valence-electron chi connectivity index (χ2n) is 5.78. The van der Waals surface area contributed by atoms with Crippen LogP contribution in [0.1, 0.15) is 21.5 Å². The lowest BCUT2D eigenvalue weighted by atomic mass is 10.1. The van der Waals surface area contributed by atoms with Crippen LogP contribution in [0.4, 0.5) is 18.9 Å². The Kier molecular flexibility index (Phi) is 6.37. The Balaban J connectivity index is 0.00000243. The van der Waals surface area contributed by atoms with Crippen LogP contribution in [0, 0.1) is 0 Å². The van der Waals surface area contributed by atoms with Crippen molar-refractivity contribution >= 4 is 24.0 Å². The van der Waals surface area contributed by atoms with Crippen LogP contribution in [0.2, 0.25) is 0 Å².